The molecule has 156 valence electrons. The molecule has 30 heavy (non-hydrogen) atoms. The molecule has 1 fully saturated rings. The lowest BCUT2D eigenvalue weighted by molar-refractivity contribution is -0.138. The highest BCUT2D eigenvalue weighted by Crippen LogP contribution is 2.35. The van der Waals surface area contributed by atoms with E-state index in [2.05, 4.69) is 0 Å². The molecular weight excluding hydrogens is 383 g/mol. The summed E-state index contributed by atoms with van der Waals surface area (Å²) in [5.41, 5.74) is 2.31. The van der Waals surface area contributed by atoms with Crippen LogP contribution in [0.4, 0.5) is 4.39 Å². The van der Waals surface area contributed by atoms with Crippen LogP contribution in [-0.4, -0.2) is 40.8 Å². The minimum atomic E-state index is -0.349. The van der Waals surface area contributed by atoms with Crippen molar-refractivity contribution in [1.29, 1.82) is 0 Å². The highest BCUT2D eigenvalue weighted by atomic mass is 19.1. The van der Waals surface area contributed by atoms with Gasteiger partial charge in [0.2, 0.25) is 0 Å². The van der Waals surface area contributed by atoms with E-state index in [9.17, 15) is 14.0 Å². The van der Waals surface area contributed by atoms with Crippen LogP contribution in [0.25, 0.3) is 5.57 Å². The Morgan fingerprint density at radius 3 is 2.17 bits per heavy atom. The molecule has 2 aliphatic rings. The van der Waals surface area contributed by atoms with E-state index in [-0.39, 0.29) is 30.3 Å². The van der Waals surface area contributed by atoms with Gasteiger partial charge in [0.05, 0.1) is 18.2 Å². The minimum Gasteiger partial charge on any atom is -0.491 e. The Kier molecular flexibility index (Phi) is 5.57. The molecular formula is C24H25FN2O3. The van der Waals surface area contributed by atoms with E-state index >= 15 is 0 Å². The van der Waals surface area contributed by atoms with Crippen LogP contribution in [0.3, 0.4) is 0 Å². The zero-order valence-corrected chi connectivity index (χ0v) is 17.2. The maximum absolute atomic E-state index is 13.3. The van der Waals surface area contributed by atoms with Gasteiger partial charge in [-0.15, -0.1) is 0 Å². The van der Waals surface area contributed by atoms with Crippen molar-refractivity contribution in [2.75, 3.05) is 13.1 Å². The Labute approximate surface area is 175 Å². The van der Waals surface area contributed by atoms with Crippen molar-refractivity contribution in [2.45, 2.75) is 39.3 Å². The summed E-state index contributed by atoms with van der Waals surface area (Å²) in [6.07, 6.45) is 2.05. The minimum absolute atomic E-state index is 0.0520. The summed E-state index contributed by atoms with van der Waals surface area (Å²) in [7, 11) is 0. The van der Waals surface area contributed by atoms with Gasteiger partial charge < -0.3 is 9.64 Å². The Morgan fingerprint density at radius 2 is 1.57 bits per heavy atom. The molecule has 6 heteroatoms. The average molecular weight is 408 g/mol. The van der Waals surface area contributed by atoms with Crippen molar-refractivity contribution >= 4 is 17.4 Å². The Morgan fingerprint density at radius 1 is 0.933 bits per heavy atom. The smallest absolute Gasteiger partial charge is 0.278 e. The standard InChI is InChI=1S/C24H25FN2O3/c1-16(2)30-20-11-7-18(8-12-20)21-22(26-13-3-4-14-26)24(29)27(23(21)28)15-17-5-9-19(25)10-6-17/h5-12,16H,3-4,13-15H2,1-2H3. The third-order valence-electron chi connectivity index (χ3n) is 5.33. The van der Waals surface area contributed by atoms with E-state index in [1.165, 1.54) is 17.0 Å². The van der Waals surface area contributed by atoms with Crippen molar-refractivity contribution in [1.82, 2.24) is 9.80 Å². The molecule has 0 radical (unpaired) electrons. The molecule has 5 nitrogen and oxygen atoms in total. The van der Waals surface area contributed by atoms with Crippen molar-refractivity contribution in [3.63, 3.8) is 0 Å². The quantitative estimate of drug-likeness (QED) is 0.679. The molecule has 2 aromatic rings. The summed E-state index contributed by atoms with van der Waals surface area (Å²) in [4.78, 5) is 29.9. The van der Waals surface area contributed by atoms with Crippen molar-refractivity contribution in [3.8, 4) is 5.75 Å². The van der Waals surface area contributed by atoms with Gasteiger partial charge in [-0.3, -0.25) is 14.5 Å². The van der Waals surface area contributed by atoms with Crippen LogP contribution in [0.15, 0.2) is 54.2 Å². The van der Waals surface area contributed by atoms with Crippen molar-refractivity contribution in [2.24, 2.45) is 0 Å². The van der Waals surface area contributed by atoms with E-state index in [4.69, 9.17) is 4.74 Å². The van der Waals surface area contributed by atoms with Crippen LogP contribution in [0.2, 0.25) is 0 Å². The van der Waals surface area contributed by atoms with Gasteiger partial charge in [-0.05, 0) is 62.1 Å². The lowest BCUT2D eigenvalue weighted by atomic mass is 10.0. The summed E-state index contributed by atoms with van der Waals surface area (Å²) in [6, 6.07) is 13.2. The number of likely N-dealkylation sites (tertiary alicyclic amines) is 1. The predicted molar refractivity (Wildman–Crippen MR) is 112 cm³/mol. The highest BCUT2D eigenvalue weighted by Gasteiger charge is 2.42. The number of carbonyl (C=O) groups excluding carboxylic acids is 2. The molecule has 0 atom stereocenters. The second-order valence-corrected chi connectivity index (χ2v) is 7.93. The molecule has 2 aromatic carbocycles. The average Bonchev–Trinajstić information content (AvgIpc) is 3.32. The van der Waals surface area contributed by atoms with Crippen molar-refractivity contribution < 1.29 is 18.7 Å². The molecule has 2 aliphatic heterocycles. The number of hydrogen-bond acceptors (Lipinski definition) is 4. The monoisotopic (exact) mass is 408 g/mol. The third kappa shape index (κ3) is 3.95. The normalized spacial score (nSPS) is 16.9. The van der Waals surface area contributed by atoms with E-state index in [1.807, 2.05) is 43.0 Å². The first-order valence-electron chi connectivity index (χ1n) is 10.3. The fourth-order valence-corrected chi connectivity index (χ4v) is 3.95. The van der Waals surface area contributed by atoms with E-state index in [0.29, 0.717) is 22.4 Å². The number of halogens is 1. The maximum atomic E-state index is 13.3. The Bertz CT molecular complexity index is 975. The SMILES string of the molecule is CC(C)Oc1ccc(C2=C(N3CCCC3)C(=O)N(Cc3ccc(F)cc3)C2=O)cc1. The number of carbonyl (C=O) groups is 2. The molecule has 2 amide bonds. The maximum Gasteiger partial charge on any atom is 0.278 e. The van der Waals surface area contributed by atoms with Crippen molar-refractivity contribution in [3.05, 3.63) is 71.2 Å². The molecule has 0 spiro atoms. The van der Waals surface area contributed by atoms with Gasteiger partial charge in [0.25, 0.3) is 11.8 Å². The first-order chi connectivity index (χ1) is 14.4. The fourth-order valence-electron chi connectivity index (χ4n) is 3.95. The Balaban J connectivity index is 1.68. The lowest BCUT2D eigenvalue weighted by Gasteiger charge is -2.20. The van der Waals surface area contributed by atoms with Crippen LogP contribution in [0.1, 0.15) is 37.8 Å². The van der Waals surface area contributed by atoms with Gasteiger partial charge in [-0.2, -0.15) is 0 Å². The molecule has 2 heterocycles. The molecule has 0 aliphatic carbocycles. The number of ether oxygens (including phenoxy) is 1. The number of nitrogens with zero attached hydrogens (tertiary/aromatic N) is 2. The van der Waals surface area contributed by atoms with Gasteiger partial charge in [-0.25, -0.2) is 4.39 Å². The highest BCUT2D eigenvalue weighted by molar-refractivity contribution is 6.35. The molecule has 0 bridgehead atoms. The van der Waals surface area contributed by atoms with Crippen LogP contribution >= 0.6 is 0 Å². The Hall–Kier alpha value is -3.15. The predicted octanol–water partition coefficient (Wildman–Crippen LogP) is 3.99. The summed E-state index contributed by atoms with van der Waals surface area (Å²) in [5, 5.41) is 0. The van der Waals surface area contributed by atoms with Gasteiger partial charge in [0.15, 0.2) is 0 Å². The van der Waals surface area contributed by atoms with E-state index in [1.54, 1.807) is 12.1 Å². The number of benzene rings is 2. The topological polar surface area (TPSA) is 49.9 Å². The number of imide groups is 1. The summed E-state index contributed by atoms with van der Waals surface area (Å²) in [5.74, 6) is -0.234. The van der Waals surface area contributed by atoms with Gasteiger partial charge in [0.1, 0.15) is 17.3 Å². The molecule has 0 N–H and O–H groups in total. The zero-order chi connectivity index (χ0) is 21.3. The van der Waals surface area contributed by atoms with Crippen LogP contribution in [0.5, 0.6) is 5.75 Å². The first kappa shape index (κ1) is 20.1. The second kappa shape index (κ2) is 8.30. The zero-order valence-electron chi connectivity index (χ0n) is 17.2. The number of hydrogen-bond donors (Lipinski definition) is 0. The van der Waals surface area contributed by atoms with Gasteiger partial charge in [0, 0.05) is 13.1 Å². The summed E-state index contributed by atoms with van der Waals surface area (Å²) in [6.45, 7) is 5.55. The summed E-state index contributed by atoms with van der Waals surface area (Å²) < 4.78 is 18.9. The van der Waals surface area contributed by atoms with Gasteiger partial charge >= 0.3 is 0 Å². The van der Waals surface area contributed by atoms with Gasteiger partial charge in [-0.1, -0.05) is 24.3 Å². The van der Waals surface area contributed by atoms with E-state index in [0.717, 1.165) is 31.7 Å². The molecule has 4 rings (SSSR count). The van der Waals surface area contributed by atoms with Crippen LogP contribution in [0, 0.1) is 5.82 Å². The first-order valence-corrected chi connectivity index (χ1v) is 10.3. The second-order valence-electron chi connectivity index (χ2n) is 7.93. The lowest BCUT2D eigenvalue weighted by Crippen LogP contribution is -2.34. The fraction of sp³-hybridized carbons (Fsp3) is 0.333. The van der Waals surface area contributed by atoms with Crippen LogP contribution < -0.4 is 4.74 Å². The van der Waals surface area contributed by atoms with Crippen LogP contribution in [-0.2, 0) is 16.1 Å². The largest absolute Gasteiger partial charge is 0.491 e. The van der Waals surface area contributed by atoms with E-state index < -0.39 is 0 Å². The molecule has 1 saturated heterocycles. The third-order valence-corrected chi connectivity index (χ3v) is 5.33. The molecule has 0 aromatic heterocycles. The molecule has 0 saturated carbocycles. The number of rotatable bonds is 6. The number of amides is 2. The summed E-state index contributed by atoms with van der Waals surface area (Å²) >= 11 is 0. The molecule has 0 unspecified atom stereocenters.